The molecule has 20 heavy (non-hydrogen) atoms. The molecule has 0 aliphatic carbocycles. The van der Waals surface area contributed by atoms with Crippen LogP contribution in [0.4, 0.5) is 0 Å². The second-order valence-corrected chi connectivity index (χ2v) is 4.75. The van der Waals surface area contributed by atoms with Crippen molar-refractivity contribution in [1.29, 1.82) is 0 Å². The van der Waals surface area contributed by atoms with Crippen molar-refractivity contribution in [3.8, 4) is 5.75 Å². The number of fused-ring (bicyclic) bond motifs is 1. The minimum Gasteiger partial charge on any atom is -0.497 e. The van der Waals surface area contributed by atoms with Crippen molar-refractivity contribution in [1.82, 2.24) is 0 Å². The van der Waals surface area contributed by atoms with Crippen LogP contribution in [0.5, 0.6) is 5.75 Å². The second-order valence-electron chi connectivity index (χ2n) is 4.75. The Morgan fingerprint density at radius 3 is 2.50 bits per heavy atom. The van der Waals surface area contributed by atoms with E-state index in [1.165, 1.54) is 0 Å². The van der Waals surface area contributed by atoms with Crippen LogP contribution in [0.15, 0.2) is 66.7 Å². The smallest absolute Gasteiger partial charge is 0.119 e. The molecule has 3 aromatic rings. The maximum atomic E-state index is 10.7. The molecule has 1 N–H and O–H groups in total. The lowest BCUT2D eigenvalue weighted by molar-refractivity contribution is 0.221. The molecule has 0 fully saturated rings. The van der Waals surface area contributed by atoms with Crippen LogP contribution < -0.4 is 4.74 Å². The Morgan fingerprint density at radius 2 is 1.65 bits per heavy atom. The highest BCUT2D eigenvalue weighted by molar-refractivity contribution is 5.86. The van der Waals surface area contributed by atoms with Crippen LogP contribution in [0.1, 0.15) is 17.2 Å². The Hall–Kier alpha value is -2.32. The fourth-order valence-corrected chi connectivity index (χ4v) is 2.48. The van der Waals surface area contributed by atoms with Gasteiger partial charge in [-0.25, -0.2) is 0 Å². The molecule has 0 saturated heterocycles. The van der Waals surface area contributed by atoms with Crippen LogP contribution in [0.25, 0.3) is 10.8 Å². The Kier molecular flexibility index (Phi) is 3.40. The van der Waals surface area contributed by atoms with Crippen LogP contribution in [0, 0.1) is 0 Å². The van der Waals surface area contributed by atoms with E-state index >= 15 is 0 Å². The zero-order chi connectivity index (χ0) is 13.9. The molecule has 2 nitrogen and oxygen atoms in total. The van der Waals surface area contributed by atoms with Gasteiger partial charge in [-0.1, -0.05) is 54.6 Å². The van der Waals surface area contributed by atoms with E-state index in [-0.39, 0.29) is 0 Å². The van der Waals surface area contributed by atoms with E-state index in [0.29, 0.717) is 0 Å². The van der Waals surface area contributed by atoms with Gasteiger partial charge < -0.3 is 9.84 Å². The number of aliphatic hydroxyl groups is 1. The molecule has 0 radical (unpaired) electrons. The summed E-state index contributed by atoms with van der Waals surface area (Å²) in [4.78, 5) is 0. The van der Waals surface area contributed by atoms with Gasteiger partial charge in [0, 0.05) is 0 Å². The summed E-state index contributed by atoms with van der Waals surface area (Å²) in [6.07, 6.45) is -0.656. The highest BCUT2D eigenvalue weighted by atomic mass is 16.5. The second kappa shape index (κ2) is 5.35. The van der Waals surface area contributed by atoms with Gasteiger partial charge in [0.1, 0.15) is 11.9 Å². The maximum absolute atomic E-state index is 10.7. The van der Waals surface area contributed by atoms with Crippen molar-refractivity contribution in [3.63, 3.8) is 0 Å². The van der Waals surface area contributed by atoms with E-state index < -0.39 is 6.10 Å². The van der Waals surface area contributed by atoms with Crippen molar-refractivity contribution in [2.45, 2.75) is 6.10 Å². The van der Waals surface area contributed by atoms with Gasteiger partial charge in [-0.3, -0.25) is 0 Å². The Bertz CT molecular complexity index is 729. The lowest BCUT2D eigenvalue weighted by Gasteiger charge is -2.15. The monoisotopic (exact) mass is 264 g/mol. The van der Waals surface area contributed by atoms with Gasteiger partial charge in [0.25, 0.3) is 0 Å². The molecule has 2 heteroatoms. The normalized spacial score (nSPS) is 12.3. The quantitative estimate of drug-likeness (QED) is 0.776. The fraction of sp³-hybridized carbons (Fsp3) is 0.111. The molecule has 0 heterocycles. The molecule has 0 aromatic heterocycles. The first-order valence-electron chi connectivity index (χ1n) is 6.59. The van der Waals surface area contributed by atoms with Gasteiger partial charge in [-0.2, -0.15) is 0 Å². The fourth-order valence-electron chi connectivity index (χ4n) is 2.48. The highest BCUT2D eigenvalue weighted by Gasteiger charge is 2.13. The minimum absolute atomic E-state index is 0.656. The summed E-state index contributed by atoms with van der Waals surface area (Å²) >= 11 is 0. The largest absolute Gasteiger partial charge is 0.497 e. The van der Waals surface area contributed by atoms with Crippen LogP contribution in [-0.2, 0) is 0 Å². The zero-order valence-corrected chi connectivity index (χ0v) is 11.3. The third-order valence-electron chi connectivity index (χ3n) is 3.53. The van der Waals surface area contributed by atoms with Gasteiger partial charge in [0.15, 0.2) is 0 Å². The van der Waals surface area contributed by atoms with E-state index in [1.807, 2.05) is 54.6 Å². The summed E-state index contributed by atoms with van der Waals surface area (Å²) in [6.45, 7) is 0. The van der Waals surface area contributed by atoms with E-state index in [0.717, 1.165) is 27.6 Å². The van der Waals surface area contributed by atoms with Gasteiger partial charge in [0.05, 0.1) is 7.11 Å². The summed E-state index contributed by atoms with van der Waals surface area (Å²) < 4.78 is 5.22. The third kappa shape index (κ3) is 2.26. The molecule has 0 saturated carbocycles. The van der Waals surface area contributed by atoms with E-state index in [9.17, 15) is 5.11 Å². The molecule has 3 aromatic carbocycles. The van der Waals surface area contributed by atoms with Gasteiger partial charge in [-0.15, -0.1) is 0 Å². The Morgan fingerprint density at radius 1 is 0.900 bits per heavy atom. The third-order valence-corrected chi connectivity index (χ3v) is 3.53. The topological polar surface area (TPSA) is 29.5 Å². The summed E-state index contributed by atoms with van der Waals surface area (Å²) in [5.74, 6) is 0.752. The maximum Gasteiger partial charge on any atom is 0.119 e. The molecule has 1 unspecified atom stereocenters. The molecule has 0 bridgehead atoms. The number of benzene rings is 3. The van der Waals surface area contributed by atoms with E-state index in [1.54, 1.807) is 7.11 Å². The van der Waals surface area contributed by atoms with Crippen molar-refractivity contribution in [2.75, 3.05) is 7.11 Å². The number of methoxy groups -OCH3 is 1. The molecule has 0 amide bonds. The summed E-state index contributed by atoms with van der Waals surface area (Å²) in [7, 11) is 1.63. The summed E-state index contributed by atoms with van der Waals surface area (Å²) in [5.41, 5.74) is 1.75. The first-order chi connectivity index (χ1) is 9.79. The molecule has 0 aliphatic heterocycles. The zero-order valence-electron chi connectivity index (χ0n) is 11.3. The first kappa shape index (κ1) is 12.7. The van der Waals surface area contributed by atoms with Gasteiger partial charge >= 0.3 is 0 Å². The predicted molar refractivity (Wildman–Crippen MR) is 81.0 cm³/mol. The van der Waals surface area contributed by atoms with Crippen molar-refractivity contribution < 1.29 is 9.84 Å². The molecule has 0 spiro atoms. The average Bonchev–Trinajstić information content (AvgIpc) is 2.53. The summed E-state index contributed by atoms with van der Waals surface area (Å²) in [5, 5.41) is 12.9. The number of hydrogen-bond donors (Lipinski definition) is 1. The van der Waals surface area contributed by atoms with Gasteiger partial charge in [-0.05, 0) is 34.0 Å². The van der Waals surface area contributed by atoms with E-state index in [2.05, 4.69) is 12.1 Å². The first-order valence-corrected chi connectivity index (χ1v) is 6.59. The van der Waals surface area contributed by atoms with Crippen molar-refractivity contribution in [3.05, 3.63) is 77.9 Å². The lowest BCUT2D eigenvalue weighted by atomic mass is 9.96. The molecule has 1 atom stereocenters. The number of rotatable bonds is 3. The molecule has 3 rings (SSSR count). The summed E-state index contributed by atoms with van der Waals surface area (Å²) in [6, 6.07) is 21.6. The van der Waals surface area contributed by atoms with Crippen LogP contribution >= 0.6 is 0 Å². The Balaban J connectivity index is 2.10. The molecule has 100 valence electrons. The number of ether oxygens (including phenoxy) is 1. The minimum atomic E-state index is -0.656. The lowest BCUT2D eigenvalue weighted by Crippen LogP contribution is -2.00. The van der Waals surface area contributed by atoms with Crippen LogP contribution in [0.2, 0.25) is 0 Å². The highest BCUT2D eigenvalue weighted by Crippen LogP contribution is 2.30. The van der Waals surface area contributed by atoms with Crippen molar-refractivity contribution >= 4 is 10.8 Å². The van der Waals surface area contributed by atoms with Crippen LogP contribution in [-0.4, -0.2) is 12.2 Å². The standard InChI is InChI=1S/C18H16O2/c1-20-15-9-4-8-14(12-15)18(19)17-11-5-7-13-6-2-3-10-16(13)17/h2-12,18-19H,1H3. The van der Waals surface area contributed by atoms with Gasteiger partial charge in [0.2, 0.25) is 0 Å². The van der Waals surface area contributed by atoms with Crippen molar-refractivity contribution in [2.24, 2.45) is 0 Å². The predicted octanol–water partition coefficient (Wildman–Crippen LogP) is 3.93. The molecular weight excluding hydrogens is 248 g/mol. The van der Waals surface area contributed by atoms with E-state index in [4.69, 9.17) is 4.74 Å². The SMILES string of the molecule is COc1cccc(C(O)c2cccc3ccccc23)c1. The number of aliphatic hydroxyl groups excluding tert-OH is 1. The Labute approximate surface area is 118 Å². The number of hydrogen-bond acceptors (Lipinski definition) is 2. The van der Waals surface area contributed by atoms with Crippen LogP contribution in [0.3, 0.4) is 0 Å². The average molecular weight is 264 g/mol. The molecular formula is C18H16O2. The molecule has 0 aliphatic rings.